The van der Waals surface area contributed by atoms with Crippen molar-refractivity contribution in [1.82, 2.24) is 33.3 Å². The van der Waals surface area contributed by atoms with E-state index in [0.29, 0.717) is 50.2 Å². The van der Waals surface area contributed by atoms with Gasteiger partial charge >= 0.3 is 11.4 Å². The van der Waals surface area contributed by atoms with E-state index in [4.69, 9.17) is 26.2 Å². The maximum atomic E-state index is 15.1. The van der Waals surface area contributed by atoms with E-state index in [0.717, 1.165) is 25.1 Å². The molecule has 2 fully saturated rings. The van der Waals surface area contributed by atoms with Crippen LogP contribution in [-0.2, 0) is 43.2 Å². The fourth-order valence-corrected chi connectivity index (χ4v) is 11.4. The summed E-state index contributed by atoms with van der Waals surface area (Å²) in [5.41, 5.74) is 1.01. The molecule has 1 aliphatic carbocycles. The van der Waals surface area contributed by atoms with Crippen LogP contribution in [-0.4, -0.2) is 64.4 Å². The number of hydrogen-bond acceptors (Lipinski definition) is 11. The van der Waals surface area contributed by atoms with Crippen molar-refractivity contribution in [1.29, 1.82) is 0 Å². The van der Waals surface area contributed by atoms with Gasteiger partial charge < -0.3 is 19.1 Å². The summed E-state index contributed by atoms with van der Waals surface area (Å²) in [5.74, 6) is -1.47. The van der Waals surface area contributed by atoms with Crippen LogP contribution in [0.2, 0.25) is 5.02 Å². The topological polar surface area (TPSA) is 178 Å². The Morgan fingerprint density at radius 1 is 0.968 bits per heavy atom. The second-order valence-electron chi connectivity index (χ2n) is 16.5. The minimum absolute atomic E-state index is 0.0112. The van der Waals surface area contributed by atoms with Crippen molar-refractivity contribution in [3.05, 3.63) is 125 Å². The number of ether oxygens (including phenoxy) is 2. The Morgan fingerprint density at radius 3 is 2.48 bits per heavy atom. The highest BCUT2D eigenvalue weighted by Crippen LogP contribution is 2.61. The number of phenolic OH excluding ortho intramolecular Hbond substituents is 1. The number of amides is 2. The van der Waals surface area contributed by atoms with E-state index < -0.39 is 52.0 Å². The van der Waals surface area contributed by atoms with E-state index in [1.807, 2.05) is 31.2 Å². The number of methoxy groups -OCH3 is 2. The van der Waals surface area contributed by atoms with Gasteiger partial charge in [0, 0.05) is 60.9 Å². The van der Waals surface area contributed by atoms with Gasteiger partial charge in [0.15, 0.2) is 11.5 Å². The fourth-order valence-electron chi connectivity index (χ4n) is 10.1. The van der Waals surface area contributed by atoms with E-state index in [-0.39, 0.29) is 37.4 Å². The lowest BCUT2D eigenvalue weighted by Gasteiger charge is -2.47. The highest BCUT2D eigenvalue weighted by atomic mass is 35.5. The Labute approximate surface area is 367 Å². The van der Waals surface area contributed by atoms with Gasteiger partial charge in [-0.15, -0.1) is 11.3 Å². The van der Waals surface area contributed by atoms with Gasteiger partial charge in [-0.25, -0.2) is 33.4 Å². The zero-order valence-electron chi connectivity index (χ0n) is 35.1. The first kappa shape index (κ1) is 40.4. The van der Waals surface area contributed by atoms with E-state index in [1.165, 1.54) is 43.8 Å². The van der Waals surface area contributed by atoms with Crippen LogP contribution in [0.15, 0.2) is 86.7 Å². The Bertz CT molecular complexity index is 3350. The van der Waals surface area contributed by atoms with E-state index in [2.05, 4.69) is 4.98 Å². The predicted molar refractivity (Wildman–Crippen MR) is 237 cm³/mol. The first-order chi connectivity index (χ1) is 30.2. The molecule has 4 aromatic heterocycles. The molecule has 4 unspecified atom stereocenters. The van der Waals surface area contributed by atoms with Crippen molar-refractivity contribution in [2.24, 2.45) is 25.4 Å². The molecule has 63 heavy (non-hydrogen) atoms. The van der Waals surface area contributed by atoms with Crippen molar-refractivity contribution in [2.45, 2.75) is 51.7 Å². The van der Waals surface area contributed by atoms with Crippen molar-refractivity contribution in [3.8, 4) is 27.8 Å². The molecule has 2 aliphatic heterocycles. The summed E-state index contributed by atoms with van der Waals surface area (Å²) in [4.78, 5) is 79.0. The first-order valence-electron chi connectivity index (χ1n) is 20.3. The summed E-state index contributed by atoms with van der Waals surface area (Å²) in [7, 11) is 6.30. The number of nitrogens with zero attached hydrogens (tertiary/aromatic N) is 8. The first-order valence-corrected chi connectivity index (χ1v) is 21.5. The van der Waals surface area contributed by atoms with Gasteiger partial charge in [0.1, 0.15) is 23.0 Å². The molecule has 0 radical (unpaired) electrons. The molecular weight excluding hydrogens is 848 g/mol. The molecule has 6 heterocycles. The average molecular weight is 889 g/mol. The van der Waals surface area contributed by atoms with Gasteiger partial charge in [0.2, 0.25) is 11.8 Å². The largest absolute Gasteiger partial charge is 0.508 e. The Hall–Kier alpha value is -6.72. The van der Waals surface area contributed by atoms with Crippen LogP contribution in [0.3, 0.4) is 0 Å². The quantitative estimate of drug-likeness (QED) is 0.152. The van der Waals surface area contributed by atoms with Crippen LogP contribution in [0.5, 0.6) is 17.2 Å². The number of fused-ring (bicyclic) bond motifs is 6. The van der Waals surface area contributed by atoms with Crippen molar-refractivity contribution >= 4 is 61.7 Å². The molecule has 4 atom stereocenters. The number of halogens is 1. The third-order valence-electron chi connectivity index (χ3n) is 13.3. The predicted octanol–water partition coefficient (Wildman–Crippen LogP) is 5.47. The SMILES string of the molecule is COc1cc2nc(CCn3c(=O)n4n(c3=O)C3CC5C(=O)N(c6cc(-c7sc8ccc(Cl)cc8c7C)nn6C)C(=O)C5(C)C(c5cccc(O)c5)C3=CC4)c(=O)n(C)c2cc1OC. The molecule has 1 saturated heterocycles. The molecule has 7 aromatic rings. The molecule has 1 N–H and O–H groups in total. The number of anilines is 1. The molecule has 322 valence electrons. The van der Waals surface area contributed by atoms with E-state index >= 15 is 4.79 Å². The number of imide groups is 1. The Balaban J connectivity index is 1.03. The van der Waals surface area contributed by atoms with Crippen LogP contribution in [0.1, 0.15) is 42.1 Å². The van der Waals surface area contributed by atoms with E-state index in [1.54, 1.807) is 68.8 Å². The maximum Gasteiger partial charge on any atom is 0.347 e. The molecule has 0 spiro atoms. The number of aromatic hydroxyl groups is 1. The number of aromatic nitrogens is 7. The molecule has 2 amide bonds. The van der Waals surface area contributed by atoms with Crippen molar-refractivity contribution < 1.29 is 24.2 Å². The van der Waals surface area contributed by atoms with Crippen molar-refractivity contribution in [3.63, 3.8) is 0 Å². The van der Waals surface area contributed by atoms with Crippen LogP contribution in [0.4, 0.5) is 5.82 Å². The lowest BCUT2D eigenvalue weighted by Crippen LogP contribution is -2.49. The lowest BCUT2D eigenvalue weighted by atomic mass is 9.56. The number of hydrogen-bond donors (Lipinski definition) is 1. The third-order valence-corrected chi connectivity index (χ3v) is 14.8. The summed E-state index contributed by atoms with van der Waals surface area (Å²) in [6.07, 6.45) is 1.87. The van der Waals surface area contributed by atoms with Gasteiger partial charge in [-0.1, -0.05) is 29.8 Å². The zero-order valence-corrected chi connectivity index (χ0v) is 36.7. The summed E-state index contributed by atoms with van der Waals surface area (Å²) in [5, 5.41) is 17.1. The van der Waals surface area contributed by atoms with Crippen LogP contribution < -0.4 is 31.3 Å². The Morgan fingerprint density at radius 2 is 1.73 bits per heavy atom. The smallest absolute Gasteiger partial charge is 0.347 e. The van der Waals surface area contributed by atoms with Gasteiger partial charge in [-0.2, -0.15) is 5.10 Å². The number of carbonyl (C=O) groups is 2. The van der Waals surface area contributed by atoms with Crippen molar-refractivity contribution in [2.75, 3.05) is 19.1 Å². The van der Waals surface area contributed by atoms with Gasteiger partial charge in [0.05, 0.1) is 54.0 Å². The summed E-state index contributed by atoms with van der Waals surface area (Å²) in [6.45, 7) is 3.63. The number of thiophene rings is 1. The molecule has 0 bridgehead atoms. The highest BCUT2D eigenvalue weighted by Gasteiger charge is 2.66. The van der Waals surface area contributed by atoms with Gasteiger partial charge in [0.25, 0.3) is 5.56 Å². The third kappa shape index (κ3) is 5.81. The summed E-state index contributed by atoms with van der Waals surface area (Å²) < 4.78 is 18.7. The average Bonchev–Trinajstić information content (AvgIpc) is 3.93. The second-order valence-corrected chi connectivity index (χ2v) is 18.0. The number of allylic oxidation sites excluding steroid dienone is 2. The summed E-state index contributed by atoms with van der Waals surface area (Å²) >= 11 is 7.87. The minimum Gasteiger partial charge on any atom is -0.508 e. The zero-order chi connectivity index (χ0) is 44.4. The molecule has 1 saturated carbocycles. The number of benzene rings is 3. The van der Waals surface area contributed by atoms with E-state index in [9.17, 15) is 24.3 Å². The monoisotopic (exact) mass is 888 g/mol. The normalized spacial score (nSPS) is 20.6. The lowest BCUT2D eigenvalue weighted by molar-refractivity contribution is -0.129. The maximum absolute atomic E-state index is 15.1. The number of aryl methyl sites for hydroxylation is 4. The molecule has 16 nitrogen and oxygen atoms in total. The number of rotatable bonds is 8. The highest BCUT2D eigenvalue weighted by molar-refractivity contribution is 7.22. The van der Waals surface area contributed by atoms with Gasteiger partial charge in [-0.3, -0.25) is 19.1 Å². The molecule has 3 aliphatic rings. The standard InChI is InChI=1S/C45H41ClN8O8S/c1-22-27-17-24(46)10-11-36(27)63-39(22)31-20-37(50(4)48-31)53-40(56)28-18-32-26(38(45(28,2)42(53)58)23-8-7-9-25(55)16-23)12-15-52-43(59)51(44(60)54(32)52)14-13-29-41(57)49(3)33-21-35(62-6)34(61-5)19-30(33)47-29/h7-12,16-17,19-21,28,32,38,55H,13-15,18H2,1-6H3. The molecule has 10 rings (SSSR count). The number of phenols is 1. The van der Waals surface area contributed by atoms with Crippen LogP contribution >= 0.6 is 22.9 Å². The molecule has 18 heteroatoms. The van der Waals surface area contributed by atoms with Crippen LogP contribution in [0.25, 0.3) is 31.7 Å². The minimum atomic E-state index is -1.36. The number of carbonyl (C=O) groups excluding carboxylic acids is 2. The van der Waals surface area contributed by atoms with Gasteiger partial charge in [-0.05, 0) is 72.7 Å². The Kier molecular flexibility index (Phi) is 9.24. The fraction of sp³-hybridized carbons (Fsp3) is 0.311. The summed E-state index contributed by atoms with van der Waals surface area (Å²) in [6, 6.07) is 16.6. The second kappa shape index (κ2) is 14.4. The molecule has 3 aromatic carbocycles. The van der Waals surface area contributed by atoms with Crippen LogP contribution in [0, 0.1) is 18.3 Å². The molecular formula is C45H41ClN8O8S.